The summed E-state index contributed by atoms with van der Waals surface area (Å²) in [5.74, 6) is 0.394. The van der Waals surface area contributed by atoms with Gasteiger partial charge in [0, 0.05) is 29.6 Å². The van der Waals surface area contributed by atoms with Gasteiger partial charge in [-0.05, 0) is 47.9 Å². The Morgan fingerprint density at radius 1 is 1.23 bits per heavy atom. The normalized spacial score (nSPS) is 15.1. The summed E-state index contributed by atoms with van der Waals surface area (Å²) >= 11 is 0. The number of H-pyrrole nitrogens is 1. The molecule has 160 valence electrons. The molecule has 0 radical (unpaired) electrons. The molecule has 2 aromatic carbocycles. The second-order valence-corrected chi connectivity index (χ2v) is 7.99. The number of ether oxygens (including phenoxy) is 1. The smallest absolute Gasteiger partial charge is 0.332 e. The van der Waals surface area contributed by atoms with Crippen molar-refractivity contribution in [2.24, 2.45) is 0 Å². The van der Waals surface area contributed by atoms with Crippen molar-refractivity contribution in [2.45, 2.75) is 38.8 Å². The predicted molar refractivity (Wildman–Crippen MR) is 117 cm³/mol. The van der Waals surface area contributed by atoms with Gasteiger partial charge in [-0.1, -0.05) is 25.5 Å². The Bertz CT molecular complexity index is 1330. The van der Waals surface area contributed by atoms with E-state index in [1.807, 2.05) is 31.2 Å². The number of nitrogens with zero attached hydrogens (tertiary/aromatic N) is 2. The van der Waals surface area contributed by atoms with E-state index in [1.165, 1.54) is 16.7 Å². The van der Waals surface area contributed by atoms with E-state index in [4.69, 9.17) is 4.74 Å². The Balaban J connectivity index is 1.77. The minimum absolute atomic E-state index is 0.00614. The van der Waals surface area contributed by atoms with Crippen LogP contribution in [-0.4, -0.2) is 26.3 Å². The number of aromatic amines is 1. The molecule has 0 bridgehead atoms. The van der Waals surface area contributed by atoms with Gasteiger partial charge in [0.2, 0.25) is 5.88 Å². The molecule has 2 aromatic heterocycles. The zero-order chi connectivity index (χ0) is 21.7. The van der Waals surface area contributed by atoms with Crippen LogP contribution in [0.25, 0.3) is 10.9 Å². The highest BCUT2D eigenvalue weighted by atomic mass is 19.1. The van der Waals surface area contributed by atoms with Crippen molar-refractivity contribution < 1.29 is 14.2 Å². The average molecular weight is 421 g/mol. The summed E-state index contributed by atoms with van der Waals surface area (Å²) in [6.45, 7) is 2.50. The Morgan fingerprint density at radius 2 is 2.00 bits per heavy atom. The standard InChI is InChI=1S/C24H24FN3O3/c1-3-4-11-27-23(29)20-13-18-17-12-15(25)7-10-19(17)26-21(18)22(28(20)24(27)30)14-5-8-16(31-2)9-6-14/h5-10,12,22,26,29H,3-4,11,13H2,1-2H3/t22-/m0/s1. The highest BCUT2D eigenvalue weighted by Crippen LogP contribution is 2.41. The van der Waals surface area contributed by atoms with Crippen LogP contribution in [0.4, 0.5) is 4.39 Å². The van der Waals surface area contributed by atoms with E-state index in [1.54, 1.807) is 17.7 Å². The molecule has 31 heavy (non-hydrogen) atoms. The molecule has 1 atom stereocenters. The van der Waals surface area contributed by atoms with E-state index >= 15 is 0 Å². The molecular formula is C24H24FN3O3. The van der Waals surface area contributed by atoms with Gasteiger partial charge in [0.15, 0.2) is 0 Å². The quantitative estimate of drug-likeness (QED) is 0.444. The molecular weight excluding hydrogens is 397 g/mol. The van der Waals surface area contributed by atoms with Crippen molar-refractivity contribution in [1.82, 2.24) is 14.1 Å². The van der Waals surface area contributed by atoms with Crippen molar-refractivity contribution in [2.75, 3.05) is 7.11 Å². The third kappa shape index (κ3) is 2.95. The molecule has 0 unspecified atom stereocenters. The molecule has 7 heteroatoms. The van der Waals surface area contributed by atoms with Crippen LogP contribution in [-0.2, 0) is 13.0 Å². The summed E-state index contributed by atoms with van der Waals surface area (Å²) in [6.07, 6.45) is 2.06. The molecule has 0 saturated carbocycles. The maximum Gasteiger partial charge on any atom is 0.332 e. The highest BCUT2D eigenvalue weighted by Gasteiger charge is 2.35. The van der Waals surface area contributed by atoms with Crippen molar-refractivity contribution in [3.05, 3.63) is 81.3 Å². The number of hydrogen-bond donors (Lipinski definition) is 2. The van der Waals surface area contributed by atoms with E-state index < -0.39 is 6.04 Å². The fraction of sp³-hybridized carbons (Fsp3) is 0.292. The summed E-state index contributed by atoms with van der Waals surface area (Å²) < 4.78 is 22.4. The predicted octanol–water partition coefficient (Wildman–Crippen LogP) is 4.33. The van der Waals surface area contributed by atoms with E-state index in [0.717, 1.165) is 46.3 Å². The van der Waals surface area contributed by atoms with E-state index in [2.05, 4.69) is 4.98 Å². The van der Waals surface area contributed by atoms with Crippen LogP contribution >= 0.6 is 0 Å². The third-order valence-electron chi connectivity index (χ3n) is 6.19. The first kappa shape index (κ1) is 19.5. The molecule has 2 N–H and O–H groups in total. The van der Waals surface area contributed by atoms with Crippen LogP contribution in [0.1, 0.15) is 48.3 Å². The Hall–Kier alpha value is -3.48. The van der Waals surface area contributed by atoms with Crippen LogP contribution in [0.5, 0.6) is 11.6 Å². The molecule has 0 spiro atoms. The lowest BCUT2D eigenvalue weighted by Gasteiger charge is -2.26. The maximum absolute atomic E-state index is 14.0. The number of halogens is 1. The van der Waals surface area contributed by atoms with Gasteiger partial charge >= 0.3 is 5.69 Å². The topological polar surface area (TPSA) is 72.2 Å². The van der Waals surface area contributed by atoms with Crippen molar-refractivity contribution in [3.63, 3.8) is 0 Å². The van der Waals surface area contributed by atoms with Crippen LogP contribution in [0, 0.1) is 5.82 Å². The van der Waals surface area contributed by atoms with Crippen molar-refractivity contribution in [1.29, 1.82) is 0 Å². The van der Waals surface area contributed by atoms with Gasteiger partial charge in [0.1, 0.15) is 17.6 Å². The minimum Gasteiger partial charge on any atom is -0.497 e. The molecule has 0 fully saturated rings. The number of hydrogen-bond acceptors (Lipinski definition) is 3. The van der Waals surface area contributed by atoms with Crippen molar-refractivity contribution >= 4 is 10.9 Å². The van der Waals surface area contributed by atoms with E-state index in [-0.39, 0.29) is 17.4 Å². The van der Waals surface area contributed by atoms with Crippen LogP contribution < -0.4 is 10.4 Å². The highest BCUT2D eigenvalue weighted by molar-refractivity contribution is 5.86. The summed E-state index contributed by atoms with van der Waals surface area (Å²) in [5, 5.41) is 11.7. The second kappa shape index (κ2) is 7.34. The Kier molecular flexibility index (Phi) is 4.61. The Labute approximate surface area is 178 Å². The fourth-order valence-corrected chi connectivity index (χ4v) is 4.61. The van der Waals surface area contributed by atoms with Gasteiger partial charge in [0.25, 0.3) is 0 Å². The maximum atomic E-state index is 14.0. The molecule has 6 nitrogen and oxygen atoms in total. The average Bonchev–Trinajstić information content (AvgIpc) is 3.26. The molecule has 0 aliphatic carbocycles. The van der Waals surface area contributed by atoms with Gasteiger partial charge < -0.3 is 14.8 Å². The van der Waals surface area contributed by atoms with Crippen LogP contribution in [0.3, 0.4) is 0 Å². The number of imidazole rings is 1. The van der Waals surface area contributed by atoms with E-state index in [9.17, 15) is 14.3 Å². The first-order chi connectivity index (χ1) is 15.0. The molecule has 4 aromatic rings. The first-order valence-electron chi connectivity index (χ1n) is 10.5. The largest absolute Gasteiger partial charge is 0.497 e. The molecule has 0 amide bonds. The Morgan fingerprint density at radius 3 is 2.71 bits per heavy atom. The zero-order valence-corrected chi connectivity index (χ0v) is 17.5. The van der Waals surface area contributed by atoms with Gasteiger partial charge in [-0.25, -0.2) is 9.18 Å². The first-order valence-corrected chi connectivity index (χ1v) is 10.5. The number of benzene rings is 2. The zero-order valence-electron chi connectivity index (χ0n) is 17.5. The number of aromatic nitrogens is 3. The molecule has 0 saturated heterocycles. The lowest BCUT2D eigenvalue weighted by molar-refractivity contribution is 0.404. The summed E-state index contributed by atoms with van der Waals surface area (Å²) in [6, 6.07) is 11.7. The van der Waals surface area contributed by atoms with Gasteiger partial charge in [-0.3, -0.25) is 9.13 Å². The van der Waals surface area contributed by atoms with Crippen molar-refractivity contribution in [3.8, 4) is 11.6 Å². The number of unbranched alkanes of at least 4 members (excludes halogenated alkanes) is 1. The monoisotopic (exact) mass is 421 g/mol. The second-order valence-electron chi connectivity index (χ2n) is 7.99. The van der Waals surface area contributed by atoms with Gasteiger partial charge in [-0.2, -0.15) is 0 Å². The number of fused-ring (bicyclic) bond motifs is 4. The number of aromatic hydroxyl groups is 1. The van der Waals surface area contributed by atoms with E-state index in [0.29, 0.717) is 18.7 Å². The summed E-state index contributed by atoms with van der Waals surface area (Å²) in [4.78, 5) is 16.8. The summed E-state index contributed by atoms with van der Waals surface area (Å²) in [5.41, 5.74) is 3.74. The van der Waals surface area contributed by atoms with Crippen LogP contribution in [0.15, 0.2) is 47.3 Å². The van der Waals surface area contributed by atoms with Gasteiger partial charge in [0.05, 0.1) is 12.8 Å². The molecule has 1 aliphatic rings. The summed E-state index contributed by atoms with van der Waals surface area (Å²) in [7, 11) is 1.61. The number of rotatable bonds is 5. The molecule has 1 aliphatic heterocycles. The number of nitrogens with one attached hydrogen (secondary N) is 1. The third-order valence-corrected chi connectivity index (χ3v) is 6.19. The SMILES string of the molecule is CCCCn1c(O)c2n(c1=O)[C@@H](c1ccc(OC)cc1)c1[nH]c3ccc(F)cc3c1C2. The molecule has 3 heterocycles. The minimum atomic E-state index is -0.457. The van der Waals surface area contributed by atoms with Gasteiger partial charge in [-0.15, -0.1) is 0 Å². The van der Waals surface area contributed by atoms with Crippen LogP contribution in [0.2, 0.25) is 0 Å². The fourth-order valence-electron chi connectivity index (χ4n) is 4.61. The lowest BCUT2D eigenvalue weighted by atomic mass is 9.93. The lowest BCUT2D eigenvalue weighted by Crippen LogP contribution is -2.32. The molecule has 5 rings (SSSR count). The number of methoxy groups -OCH3 is 1.